The van der Waals surface area contributed by atoms with Gasteiger partial charge in [0, 0.05) is 13.8 Å². The van der Waals surface area contributed by atoms with Crippen LogP contribution in [0.2, 0.25) is 0 Å². The highest BCUT2D eigenvalue weighted by Gasteiger charge is 2.61. The number of hydrogen-bond donors (Lipinski definition) is 25. The fourth-order valence-electron chi connectivity index (χ4n) is 12.7. The van der Waals surface area contributed by atoms with Crippen molar-refractivity contribution in [3.05, 3.63) is 0 Å². The first-order valence-corrected chi connectivity index (χ1v) is 32.1. The summed E-state index contributed by atoms with van der Waals surface area (Å²) in [7, 11) is 0. The second-order valence-corrected chi connectivity index (χ2v) is 25.3. The number of amides is 3. The second-order valence-electron chi connectivity index (χ2n) is 25.3. The average molecular weight is 1470 g/mol. The number of aliphatic hydroxyl groups excluding tert-OH is 22. The van der Waals surface area contributed by atoms with Crippen LogP contribution in [-0.4, -0.2) is 435 Å². The SMILES string of the molecule is CC(=O)N[C@H]1[C@H](O[C@H]2[C@@H](O)[C@@H](CO)O[C@@H](O[C@@H]3[C@@H](NC(C)=O)[C@H](O[C@H]4[C@@H](O)[C@@H](CO)O[C@@H](O[C@H]5[C@H](O)[C@@H](O)[C@H](OC[C@@H](CO)NC=O)O[C@@H]5CO)[C@@H]4O)O[C@H](CO)[C@H]3O[C@@H]3O[C@@H](C)[C@@H](O)[C@@H](O)[C@@H]3O)[C@@H]2O)O[C@H](CO)[C@@H](O[C@@H]2O[C@H](CO)[C@H](O)[C@H](O)[C@H]2O[C@@H]2O[C@@H](C)[C@@H](O)[C@@H](O)[C@@H]2O)[C@@H]1O. The molecule has 0 aromatic carbocycles. The van der Waals surface area contributed by atoms with E-state index in [1.165, 1.54) is 13.8 Å². The van der Waals surface area contributed by atoms with Crippen molar-refractivity contribution in [2.45, 2.75) is 279 Å². The Hall–Kier alpha value is -3.11. The molecule has 8 aliphatic heterocycles. The third-order valence-corrected chi connectivity index (χ3v) is 18.3. The second kappa shape index (κ2) is 36.5. The third-order valence-electron chi connectivity index (χ3n) is 18.3. The minimum Gasteiger partial charge on any atom is -0.394 e. The van der Waals surface area contributed by atoms with Gasteiger partial charge in [-0.25, -0.2) is 0 Å². The van der Waals surface area contributed by atoms with E-state index >= 15 is 0 Å². The van der Waals surface area contributed by atoms with Gasteiger partial charge in [0.1, 0.15) is 183 Å². The van der Waals surface area contributed by atoms with Gasteiger partial charge in [-0.15, -0.1) is 0 Å². The van der Waals surface area contributed by atoms with Crippen molar-refractivity contribution >= 4 is 18.2 Å². The molecule has 25 N–H and O–H groups in total. The molecule has 44 heteroatoms. The number of rotatable bonds is 28. The molecule has 0 aromatic heterocycles. The molecule has 0 unspecified atom stereocenters. The summed E-state index contributed by atoms with van der Waals surface area (Å²) in [6.07, 6.45) is -74.8. The Morgan fingerprint density at radius 1 is 0.340 bits per heavy atom. The van der Waals surface area contributed by atoms with Crippen molar-refractivity contribution in [2.24, 2.45) is 0 Å². The number of hydrogen-bond acceptors (Lipinski definition) is 41. The zero-order valence-corrected chi connectivity index (χ0v) is 54.0. The van der Waals surface area contributed by atoms with E-state index in [1.54, 1.807) is 0 Å². The molecule has 100 heavy (non-hydrogen) atoms. The zero-order valence-electron chi connectivity index (χ0n) is 54.0. The van der Waals surface area contributed by atoms with E-state index in [4.69, 9.17) is 75.8 Å². The minimum atomic E-state index is -2.45. The Morgan fingerprint density at radius 2 is 0.680 bits per heavy atom. The van der Waals surface area contributed by atoms with E-state index in [-0.39, 0.29) is 6.41 Å². The van der Waals surface area contributed by atoms with Crippen LogP contribution >= 0.6 is 0 Å². The van der Waals surface area contributed by atoms with Crippen LogP contribution in [0.15, 0.2) is 0 Å². The predicted molar refractivity (Wildman–Crippen MR) is 309 cm³/mol. The highest BCUT2D eigenvalue weighted by Crippen LogP contribution is 2.40. The van der Waals surface area contributed by atoms with Crippen molar-refractivity contribution in [1.29, 1.82) is 0 Å². The summed E-state index contributed by atoms with van der Waals surface area (Å²) in [5, 5.41) is 250. The molecule has 0 bridgehead atoms. The van der Waals surface area contributed by atoms with Crippen LogP contribution in [0.1, 0.15) is 27.7 Å². The zero-order chi connectivity index (χ0) is 73.6. The highest BCUT2D eigenvalue weighted by atomic mass is 16.8. The molecule has 8 aliphatic rings. The van der Waals surface area contributed by atoms with Gasteiger partial charge in [0.2, 0.25) is 18.2 Å². The lowest BCUT2D eigenvalue weighted by atomic mass is 9.93. The molecular weight excluding hydrogens is 1370 g/mol. The third kappa shape index (κ3) is 18.1. The first-order valence-electron chi connectivity index (χ1n) is 32.1. The summed E-state index contributed by atoms with van der Waals surface area (Å²) in [6, 6.07) is -4.97. The predicted octanol–water partition coefficient (Wildman–Crippen LogP) is -17.0. The molecule has 0 spiro atoms. The Morgan fingerprint density at radius 3 is 1.14 bits per heavy atom. The molecule has 8 rings (SSSR count). The van der Waals surface area contributed by atoms with Crippen LogP contribution in [0.5, 0.6) is 0 Å². The number of nitrogens with one attached hydrogen (secondary N) is 3. The molecule has 0 radical (unpaired) electrons. The van der Waals surface area contributed by atoms with Crippen molar-refractivity contribution < 1.29 is 203 Å². The average Bonchev–Trinajstić information content (AvgIpc) is 0.766. The topological polar surface area (TPSA) is 680 Å². The van der Waals surface area contributed by atoms with Crippen molar-refractivity contribution in [2.75, 3.05) is 52.9 Å². The van der Waals surface area contributed by atoms with Gasteiger partial charge in [-0.2, -0.15) is 0 Å². The molecule has 3 amide bonds. The molecule has 8 heterocycles. The number of aliphatic hydroxyl groups is 22. The molecule has 0 saturated carbocycles. The molecule has 580 valence electrons. The molecule has 41 atom stereocenters. The van der Waals surface area contributed by atoms with Gasteiger partial charge in [0.05, 0.1) is 71.1 Å². The number of carbonyl (C=O) groups excluding carboxylic acids is 3. The maximum Gasteiger partial charge on any atom is 0.217 e. The van der Waals surface area contributed by atoms with E-state index in [1.807, 2.05) is 0 Å². The van der Waals surface area contributed by atoms with Crippen LogP contribution in [0, 0.1) is 0 Å². The smallest absolute Gasteiger partial charge is 0.217 e. The summed E-state index contributed by atoms with van der Waals surface area (Å²) in [4.78, 5) is 37.4. The van der Waals surface area contributed by atoms with Crippen molar-refractivity contribution in [3.63, 3.8) is 0 Å². The Labute approximate surface area is 567 Å². The standard InChI is InChI=1S/C56H95N3O41/c1-14-27(70)33(76)37(80)52(86-14)96-44-24(11-66)92-50(99-47-31(74)20(7-62)88-54(40(47)83)94-43-23(10-65)93-51(39(82)36(43)79)85-12-18(5-60)57-13-67)26(59-17(4)69)45(44)97-55-41(84)46(30(73)21(8-63)89-55)98-49-25(58-16(3)68)32(75)42(22(9-64)91-49)95-56-48(35(78)29(72)19(6-61)90-56)100-53-38(81)34(77)28(71)15(2)87-53/h13-15,18-56,60-66,70-84H,5-12H2,1-4H3,(H,57,67)(H,58,68)(H,59,69)/t14-,15-,18+,19+,20+,21+,22+,23+,24+,25+,26+,27+,28+,29-,30-,31-,32+,33+,34+,35-,36+,37-,38-,39+,40+,41+,42+,43+,44+,45+,46-,47-,48+,49-,50-,51+,52-,53-,54-,55-,56-/m0/s1. The Balaban J connectivity index is 1.09. The van der Waals surface area contributed by atoms with Crippen LogP contribution in [-0.2, 0) is 90.2 Å². The highest BCUT2D eigenvalue weighted by molar-refractivity contribution is 5.73. The van der Waals surface area contributed by atoms with E-state index in [0.717, 1.165) is 13.8 Å². The molecule has 8 fully saturated rings. The van der Waals surface area contributed by atoms with Crippen molar-refractivity contribution in [3.8, 4) is 0 Å². The number of ether oxygens (including phenoxy) is 16. The lowest BCUT2D eigenvalue weighted by molar-refractivity contribution is -0.398. The first kappa shape index (κ1) is 82.5. The minimum absolute atomic E-state index is 0.254. The fraction of sp³-hybridized carbons (Fsp3) is 0.946. The van der Waals surface area contributed by atoms with Crippen LogP contribution < -0.4 is 16.0 Å². The quantitative estimate of drug-likeness (QED) is 0.0324. The van der Waals surface area contributed by atoms with Gasteiger partial charge in [-0.3, -0.25) is 14.4 Å². The molecule has 44 nitrogen and oxygen atoms in total. The molecule has 0 aromatic rings. The van der Waals surface area contributed by atoms with Crippen LogP contribution in [0.4, 0.5) is 0 Å². The van der Waals surface area contributed by atoms with Crippen LogP contribution in [0.25, 0.3) is 0 Å². The largest absolute Gasteiger partial charge is 0.394 e. The summed E-state index contributed by atoms with van der Waals surface area (Å²) >= 11 is 0. The Kier molecular flexibility index (Phi) is 30.1. The first-order chi connectivity index (χ1) is 47.4. The van der Waals surface area contributed by atoms with Crippen LogP contribution in [0.3, 0.4) is 0 Å². The van der Waals surface area contributed by atoms with Crippen molar-refractivity contribution in [1.82, 2.24) is 16.0 Å². The monoisotopic (exact) mass is 1470 g/mol. The van der Waals surface area contributed by atoms with Gasteiger partial charge >= 0.3 is 0 Å². The van der Waals surface area contributed by atoms with E-state index in [0.29, 0.717) is 0 Å². The van der Waals surface area contributed by atoms with Gasteiger partial charge in [-0.05, 0) is 13.8 Å². The molecule has 0 aliphatic carbocycles. The van der Waals surface area contributed by atoms with E-state index in [9.17, 15) is 127 Å². The summed E-state index contributed by atoms with van der Waals surface area (Å²) in [5.41, 5.74) is 0. The van der Waals surface area contributed by atoms with E-state index < -0.39 is 316 Å². The van der Waals surface area contributed by atoms with Gasteiger partial charge in [-0.1, -0.05) is 0 Å². The normalized spacial score (nSPS) is 49.1. The fourth-order valence-corrected chi connectivity index (χ4v) is 12.7. The van der Waals surface area contributed by atoms with Gasteiger partial charge in [0.25, 0.3) is 0 Å². The van der Waals surface area contributed by atoms with Gasteiger partial charge < -0.3 is 204 Å². The number of carbonyl (C=O) groups is 3. The Bertz CT molecular complexity index is 2530. The summed E-state index contributed by atoms with van der Waals surface area (Å²) in [5.74, 6) is -1.93. The molecule has 8 saturated heterocycles. The lowest BCUT2D eigenvalue weighted by Crippen LogP contribution is -2.72. The van der Waals surface area contributed by atoms with Gasteiger partial charge in [0.15, 0.2) is 50.3 Å². The van der Waals surface area contributed by atoms with E-state index in [2.05, 4.69) is 16.0 Å². The summed E-state index contributed by atoms with van der Waals surface area (Å²) < 4.78 is 94.5. The lowest BCUT2D eigenvalue weighted by Gasteiger charge is -2.52. The maximum absolute atomic E-state index is 13.5. The summed E-state index contributed by atoms with van der Waals surface area (Å²) in [6.45, 7) is -3.25. The molecular formula is C56H95N3O41. The maximum atomic E-state index is 13.5.